The third kappa shape index (κ3) is 5.40. The van der Waals surface area contributed by atoms with Gasteiger partial charge in [0.25, 0.3) is 0 Å². The van der Waals surface area contributed by atoms with Gasteiger partial charge in [0.2, 0.25) is 0 Å². The summed E-state index contributed by atoms with van der Waals surface area (Å²) in [5.74, 6) is 0.0883. The molecule has 0 fully saturated rings. The number of amides is 1. The molecule has 1 aliphatic heterocycles. The van der Waals surface area contributed by atoms with Crippen LogP contribution in [0.2, 0.25) is 0 Å². The molecule has 6 nitrogen and oxygen atoms in total. The van der Waals surface area contributed by atoms with Crippen LogP contribution in [0, 0.1) is 6.92 Å². The Kier molecular flexibility index (Phi) is 6.26. The van der Waals surface area contributed by atoms with Crippen LogP contribution < -0.4 is 4.90 Å². The molecule has 2 rings (SSSR count). The quantitative estimate of drug-likeness (QED) is 0.711. The number of aromatic nitrogens is 1. The monoisotopic (exact) mass is 397 g/mol. The van der Waals surface area contributed by atoms with Crippen molar-refractivity contribution in [3.05, 3.63) is 34.5 Å². The van der Waals surface area contributed by atoms with Crippen LogP contribution in [0.25, 0.3) is 0 Å². The van der Waals surface area contributed by atoms with Gasteiger partial charge in [0.1, 0.15) is 11.4 Å². The first kappa shape index (κ1) is 21.6. The number of hydrogen-bond donors (Lipinski definition) is 0. The van der Waals surface area contributed by atoms with Crippen LogP contribution in [-0.4, -0.2) is 48.4 Å². The van der Waals surface area contributed by atoms with E-state index < -0.39 is 30.0 Å². The first-order valence-electron chi connectivity index (χ1n) is 8.65. The van der Waals surface area contributed by atoms with Gasteiger partial charge < -0.3 is 4.74 Å². The number of pyridine rings is 1. The maximum Gasteiger partial charge on any atom is 0.416 e. The number of aliphatic imine (C=N–C) groups is 1. The average Bonchev–Trinajstić information content (AvgIpc) is 2.57. The second kappa shape index (κ2) is 8.12. The van der Waals surface area contributed by atoms with Crippen molar-refractivity contribution < 1.29 is 27.5 Å². The summed E-state index contributed by atoms with van der Waals surface area (Å²) in [5, 5.41) is 0. The van der Waals surface area contributed by atoms with E-state index in [0.717, 1.165) is 11.1 Å². The zero-order valence-corrected chi connectivity index (χ0v) is 16.1. The molecule has 0 aliphatic carbocycles. The predicted octanol–water partition coefficient (Wildman–Crippen LogP) is 4.28. The zero-order chi connectivity index (χ0) is 21.1. The van der Waals surface area contributed by atoms with Crippen molar-refractivity contribution in [3.63, 3.8) is 0 Å². The molecule has 152 valence electrons. The minimum atomic E-state index is -4.52. The number of carbonyl (C=O) groups is 2. The molecule has 1 aromatic heterocycles. The summed E-state index contributed by atoms with van der Waals surface area (Å²) in [6.45, 7) is 6.17. The van der Waals surface area contributed by atoms with Gasteiger partial charge >= 0.3 is 12.3 Å². The van der Waals surface area contributed by atoms with Crippen LogP contribution in [0.3, 0.4) is 0 Å². The van der Waals surface area contributed by atoms with Crippen molar-refractivity contribution in [3.8, 4) is 0 Å². The number of ether oxygens (including phenoxy) is 1. The fourth-order valence-corrected chi connectivity index (χ4v) is 2.61. The molecule has 0 spiro atoms. The Morgan fingerprint density at radius 1 is 1.29 bits per heavy atom. The number of halogens is 3. The van der Waals surface area contributed by atoms with E-state index >= 15 is 0 Å². The summed E-state index contributed by atoms with van der Waals surface area (Å²) < 4.78 is 45.5. The van der Waals surface area contributed by atoms with Gasteiger partial charge in [0.05, 0.1) is 12.2 Å². The van der Waals surface area contributed by atoms with Crippen molar-refractivity contribution in [2.75, 3.05) is 18.0 Å². The van der Waals surface area contributed by atoms with Gasteiger partial charge in [-0.25, -0.2) is 9.78 Å². The molecule has 2 heterocycles. The number of aldehydes is 1. The van der Waals surface area contributed by atoms with Crippen LogP contribution >= 0.6 is 0 Å². The fourth-order valence-electron chi connectivity index (χ4n) is 2.61. The molecule has 28 heavy (non-hydrogen) atoms. The van der Waals surface area contributed by atoms with E-state index in [0.29, 0.717) is 17.5 Å². The first-order valence-corrected chi connectivity index (χ1v) is 8.65. The Bertz CT molecular complexity index is 824. The number of dihydropyridines is 1. The van der Waals surface area contributed by atoms with Crippen LogP contribution in [0.1, 0.15) is 43.2 Å². The number of aryl methyl sites for hydroxylation is 1. The van der Waals surface area contributed by atoms with E-state index in [1.807, 2.05) is 0 Å². The van der Waals surface area contributed by atoms with Crippen molar-refractivity contribution >= 4 is 24.4 Å². The van der Waals surface area contributed by atoms with Crippen molar-refractivity contribution in [1.29, 1.82) is 0 Å². The number of nitrogens with zero attached hydrogens (tertiary/aromatic N) is 3. The summed E-state index contributed by atoms with van der Waals surface area (Å²) in [4.78, 5) is 32.8. The molecule has 0 atom stereocenters. The molecule has 0 saturated heterocycles. The number of hydrogen-bond acceptors (Lipinski definition) is 5. The Balaban J connectivity index is 2.48. The van der Waals surface area contributed by atoms with Gasteiger partial charge in [0.15, 0.2) is 6.29 Å². The molecule has 0 aromatic carbocycles. The molecule has 0 bridgehead atoms. The Hall–Kier alpha value is -2.71. The van der Waals surface area contributed by atoms with E-state index in [4.69, 9.17) is 4.74 Å². The van der Waals surface area contributed by atoms with E-state index in [1.165, 1.54) is 12.1 Å². The zero-order valence-electron chi connectivity index (χ0n) is 16.1. The highest BCUT2D eigenvalue weighted by Gasteiger charge is 2.37. The molecule has 1 aromatic rings. The number of alkyl halides is 3. The molecular weight excluding hydrogens is 375 g/mol. The van der Waals surface area contributed by atoms with E-state index in [-0.39, 0.29) is 24.4 Å². The van der Waals surface area contributed by atoms with Crippen molar-refractivity contribution in [1.82, 2.24) is 4.98 Å². The lowest BCUT2D eigenvalue weighted by atomic mass is 10.0. The summed E-state index contributed by atoms with van der Waals surface area (Å²) >= 11 is 0. The smallest absolute Gasteiger partial charge is 0.416 e. The maximum absolute atomic E-state index is 13.4. The van der Waals surface area contributed by atoms with Gasteiger partial charge in [0, 0.05) is 23.9 Å². The van der Waals surface area contributed by atoms with E-state index in [1.54, 1.807) is 27.7 Å². The van der Waals surface area contributed by atoms with Gasteiger partial charge in [-0.3, -0.25) is 14.7 Å². The van der Waals surface area contributed by atoms with Gasteiger partial charge in [-0.05, 0) is 51.8 Å². The number of anilines is 1. The highest BCUT2D eigenvalue weighted by atomic mass is 19.4. The lowest BCUT2D eigenvalue weighted by molar-refractivity contribution is -0.0944. The van der Waals surface area contributed by atoms with Gasteiger partial charge in [-0.1, -0.05) is 0 Å². The van der Waals surface area contributed by atoms with E-state index in [2.05, 4.69) is 9.98 Å². The lowest BCUT2D eigenvalue weighted by Gasteiger charge is -2.28. The summed E-state index contributed by atoms with van der Waals surface area (Å²) in [5.41, 5.74) is -1.03. The van der Waals surface area contributed by atoms with Crippen LogP contribution in [0.4, 0.5) is 23.8 Å². The second-order valence-electron chi connectivity index (χ2n) is 7.32. The highest BCUT2D eigenvalue weighted by molar-refractivity contribution is 5.91. The summed E-state index contributed by atoms with van der Waals surface area (Å²) in [7, 11) is 0. The second-order valence-corrected chi connectivity index (χ2v) is 7.32. The van der Waals surface area contributed by atoms with Crippen molar-refractivity contribution in [2.45, 2.75) is 45.9 Å². The molecular formula is C19H22F3N3O3. The lowest BCUT2D eigenvalue weighted by Crippen LogP contribution is -2.39. The predicted molar refractivity (Wildman–Crippen MR) is 99.0 cm³/mol. The standard InChI is InChI=1S/C19H22F3N3O3/c1-12-13(11-26)5-6-16(24-12)25(17(27)28-18(2,3)4)10-14-9-23-8-7-15(14)19(20,21)22/h5-6,9,11H,7-8,10H2,1-4H3. The topological polar surface area (TPSA) is 71.9 Å². The van der Waals surface area contributed by atoms with Crippen LogP contribution in [0.5, 0.6) is 0 Å². The molecule has 0 unspecified atom stereocenters. The SMILES string of the molecule is Cc1nc(N(CC2=C(C(F)(F)F)CCN=C2)C(=O)OC(C)(C)C)ccc1C=O. The Labute approximate surface area is 161 Å². The first-order chi connectivity index (χ1) is 12.9. The number of rotatable bonds is 4. The summed E-state index contributed by atoms with van der Waals surface area (Å²) in [6.07, 6.45) is -3.87. The molecule has 0 N–H and O–H groups in total. The third-order valence-electron chi connectivity index (χ3n) is 3.93. The number of carbonyl (C=O) groups excluding carboxylic acids is 2. The van der Waals surface area contributed by atoms with Crippen molar-refractivity contribution in [2.24, 2.45) is 4.99 Å². The largest absolute Gasteiger partial charge is 0.443 e. The maximum atomic E-state index is 13.4. The molecule has 9 heteroatoms. The fraction of sp³-hybridized carbons (Fsp3) is 0.474. The minimum absolute atomic E-state index is 0.0379. The van der Waals surface area contributed by atoms with Gasteiger partial charge in [-0.2, -0.15) is 13.2 Å². The summed E-state index contributed by atoms with van der Waals surface area (Å²) in [6, 6.07) is 2.85. The van der Waals surface area contributed by atoms with Gasteiger partial charge in [-0.15, -0.1) is 0 Å². The highest BCUT2D eigenvalue weighted by Crippen LogP contribution is 2.33. The Morgan fingerprint density at radius 2 is 1.96 bits per heavy atom. The molecule has 1 aliphatic rings. The minimum Gasteiger partial charge on any atom is -0.443 e. The van der Waals surface area contributed by atoms with Crippen LogP contribution in [0.15, 0.2) is 28.3 Å². The molecule has 0 radical (unpaired) electrons. The average molecular weight is 397 g/mol. The third-order valence-corrected chi connectivity index (χ3v) is 3.93. The normalized spacial score (nSPS) is 14.8. The van der Waals surface area contributed by atoms with E-state index in [9.17, 15) is 22.8 Å². The van der Waals surface area contributed by atoms with Crippen LogP contribution in [-0.2, 0) is 4.74 Å². The molecule has 0 saturated carbocycles. The molecule has 1 amide bonds. The Morgan fingerprint density at radius 3 is 2.50 bits per heavy atom.